The Bertz CT molecular complexity index is 604. The molecular formula is C6H6BrN2NaO6S2. The molecule has 1 heterocycles. The van der Waals surface area contributed by atoms with Crippen LogP contribution in [0.1, 0.15) is 0 Å². The quantitative estimate of drug-likeness (QED) is 0.226. The van der Waals surface area contributed by atoms with Crippen LogP contribution in [0.4, 0.5) is 0 Å². The van der Waals surface area contributed by atoms with E-state index in [9.17, 15) is 21.4 Å². The molecule has 0 aliphatic carbocycles. The smallest absolute Gasteiger partial charge is 0.744 e. The summed E-state index contributed by atoms with van der Waals surface area (Å²) in [6.07, 6.45) is 0.701. The third kappa shape index (κ3) is 5.91. The molecule has 0 N–H and O–H groups in total. The Balaban J connectivity index is 0.00000289. The van der Waals surface area contributed by atoms with Crippen LogP contribution in [-0.4, -0.2) is 42.7 Å². The Morgan fingerprint density at radius 1 is 1.33 bits per heavy atom. The van der Waals surface area contributed by atoms with E-state index in [4.69, 9.17) is 0 Å². The average Bonchev–Trinajstić information content (AvgIpc) is 2.15. The van der Waals surface area contributed by atoms with Crippen molar-refractivity contribution in [2.75, 3.05) is 11.1 Å². The van der Waals surface area contributed by atoms with Gasteiger partial charge < -0.3 is 8.74 Å². The number of alkyl halides is 1. The van der Waals surface area contributed by atoms with E-state index in [-0.39, 0.29) is 40.6 Å². The van der Waals surface area contributed by atoms with E-state index < -0.39 is 31.0 Å². The number of hydrogen-bond acceptors (Lipinski definition) is 8. The van der Waals surface area contributed by atoms with Crippen molar-refractivity contribution in [1.82, 2.24) is 10.2 Å². The molecule has 8 nitrogen and oxygen atoms in total. The van der Waals surface area contributed by atoms with Gasteiger partial charge in [0.15, 0.2) is 0 Å². The van der Waals surface area contributed by atoms with Crippen LogP contribution in [0, 0.1) is 0 Å². The molecule has 0 bridgehead atoms. The van der Waals surface area contributed by atoms with Crippen molar-refractivity contribution in [3.05, 3.63) is 12.3 Å². The molecule has 0 saturated heterocycles. The van der Waals surface area contributed by atoms with Gasteiger partial charge in [0.25, 0.3) is 5.88 Å². The van der Waals surface area contributed by atoms with Crippen LogP contribution < -0.4 is 33.7 Å². The number of rotatable bonds is 5. The molecular weight excluding hydrogens is 363 g/mol. The van der Waals surface area contributed by atoms with Gasteiger partial charge in [-0.15, -0.1) is 5.10 Å². The number of hydrogen-bond donors (Lipinski definition) is 0. The standard InChI is InChI=1S/C6H7BrN2O6S2.Na/c7-1-2-16(10,11)15-6-3-5(4-8-9-6)17(12,13)14;/h3-4H,1-2H2,(H,12,13,14);/q;+1/p-1. The fourth-order valence-electron chi connectivity index (χ4n) is 0.774. The zero-order valence-corrected chi connectivity index (χ0v) is 14.3. The zero-order valence-electron chi connectivity index (χ0n) is 9.11. The molecule has 0 atom stereocenters. The second-order valence-corrected chi connectivity index (χ2v) is 6.58. The molecule has 0 amide bonds. The Hall–Kier alpha value is 0.220. The maximum absolute atomic E-state index is 11.2. The van der Waals surface area contributed by atoms with Gasteiger partial charge in [-0.25, -0.2) is 8.42 Å². The third-order valence-electron chi connectivity index (χ3n) is 1.44. The molecule has 0 saturated carbocycles. The van der Waals surface area contributed by atoms with Crippen molar-refractivity contribution in [3.63, 3.8) is 0 Å². The Morgan fingerprint density at radius 3 is 2.44 bits per heavy atom. The van der Waals surface area contributed by atoms with E-state index in [1.807, 2.05) is 0 Å². The fourth-order valence-corrected chi connectivity index (χ4v) is 3.00. The van der Waals surface area contributed by atoms with Gasteiger partial charge >= 0.3 is 39.7 Å². The number of aromatic nitrogens is 2. The predicted octanol–water partition coefficient (Wildman–Crippen LogP) is -3.51. The maximum Gasteiger partial charge on any atom is 1.00 e. The van der Waals surface area contributed by atoms with E-state index in [2.05, 4.69) is 30.3 Å². The van der Waals surface area contributed by atoms with E-state index in [1.165, 1.54) is 0 Å². The van der Waals surface area contributed by atoms with E-state index >= 15 is 0 Å². The average molecular weight is 369 g/mol. The second-order valence-electron chi connectivity index (χ2n) is 2.72. The van der Waals surface area contributed by atoms with Gasteiger partial charge in [0.2, 0.25) is 0 Å². The van der Waals surface area contributed by atoms with Gasteiger partial charge in [0.1, 0.15) is 10.1 Å². The largest absolute Gasteiger partial charge is 1.00 e. The molecule has 0 fully saturated rings. The van der Waals surface area contributed by atoms with Gasteiger partial charge in [-0.3, -0.25) is 0 Å². The van der Waals surface area contributed by atoms with Crippen molar-refractivity contribution in [2.45, 2.75) is 4.90 Å². The summed E-state index contributed by atoms with van der Waals surface area (Å²) in [7, 11) is -8.62. The molecule has 0 aliphatic rings. The first kappa shape index (κ1) is 18.2. The van der Waals surface area contributed by atoms with Crippen LogP contribution in [0.25, 0.3) is 0 Å². The molecule has 96 valence electrons. The van der Waals surface area contributed by atoms with Crippen LogP contribution in [0.3, 0.4) is 0 Å². The normalized spacial score (nSPS) is 11.7. The van der Waals surface area contributed by atoms with Gasteiger partial charge in [-0.2, -0.15) is 13.5 Å². The minimum atomic E-state index is -4.73. The van der Waals surface area contributed by atoms with Gasteiger partial charge in [0, 0.05) is 11.4 Å². The Morgan fingerprint density at radius 2 is 1.94 bits per heavy atom. The van der Waals surface area contributed by atoms with E-state index in [0.29, 0.717) is 12.3 Å². The molecule has 1 aromatic rings. The molecule has 1 aromatic heterocycles. The fraction of sp³-hybridized carbons (Fsp3) is 0.333. The van der Waals surface area contributed by atoms with Crippen LogP contribution in [0.15, 0.2) is 17.2 Å². The van der Waals surface area contributed by atoms with E-state index in [1.54, 1.807) is 0 Å². The topological polar surface area (TPSA) is 126 Å². The summed E-state index contributed by atoms with van der Waals surface area (Å²) in [6.45, 7) is 0. The van der Waals surface area contributed by atoms with Crippen LogP contribution in [0.2, 0.25) is 0 Å². The maximum atomic E-state index is 11.2. The summed E-state index contributed by atoms with van der Waals surface area (Å²) < 4.78 is 58.8. The first-order valence-electron chi connectivity index (χ1n) is 4.01. The number of halogens is 1. The third-order valence-corrected chi connectivity index (χ3v) is 4.29. The summed E-state index contributed by atoms with van der Waals surface area (Å²) >= 11 is 2.90. The van der Waals surface area contributed by atoms with Crippen molar-refractivity contribution < 1.29 is 55.1 Å². The van der Waals surface area contributed by atoms with Crippen molar-refractivity contribution in [3.8, 4) is 5.88 Å². The summed E-state index contributed by atoms with van der Waals surface area (Å²) in [5.41, 5.74) is 0. The Labute approximate surface area is 134 Å². The van der Waals surface area contributed by atoms with Crippen LogP contribution in [0.5, 0.6) is 5.88 Å². The second kappa shape index (κ2) is 7.12. The van der Waals surface area contributed by atoms with Crippen LogP contribution >= 0.6 is 15.9 Å². The minimum Gasteiger partial charge on any atom is -0.744 e. The van der Waals surface area contributed by atoms with Crippen molar-refractivity contribution in [1.29, 1.82) is 0 Å². The summed E-state index contributed by atoms with van der Waals surface area (Å²) in [6, 6.07) is 0.696. The minimum absolute atomic E-state index is 0. The number of nitrogens with zero attached hydrogens (tertiary/aromatic N) is 2. The zero-order chi connectivity index (χ0) is 13.1. The summed E-state index contributed by atoms with van der Waals surface area (Å²) in [5.74, 6) is -0.897. The molecule has 0 unspecified atom stereocenters. The SMILES string of the molecule is O=S(=O)(CCBr)Oc1cc(S(=O)(=O)[O-])cnn1.[Na+]. The monoisotopic (exact) mass is 368 g/mol. The van der Waals surface area contributed by atoms with Crippen molar-refractivity contribution >= 4 is 36.2 Å². The molecule has 0 radical (unpaired) electrons. The Kier molecular flexibility index (Phi) is 7.21. The van der Waals surface area contributed by atoms with Crippen molar-refractivity contribution in [2.24, 2.45) is 0 Å². The van der Waals surface area contributed by atoms with Gasteiger partial charge in [-0.1, -0.05) is 15.9 Å². The first-order valence-corrected chi connectivity index (χ1v) is 8.12. The molecule has 1 rings (SSSR count). The van der Waals surface area contributed by atoms with Gasteiger partial charge in [0.05, 0.1) is 16.8 Å². The molecule has 0 aromatic carbocycles. The molecule has 0 spiro atoms. The van der Waals surface area contributed by atoms with Gasteiger partial charge in [-0.05, 0) is 0 Å². The molecule has 0 aliphatic heterocycles. The summed E-state index contributed by atoms with van der Waals surface area (Å²) in [4.78, 5) is -0.712. The molecule has 12 heteroatoms. The summed E-state index contributed by atoms with van der Waals surface area (Å²) in [5, 5.41) is 6.56. The first-order chi connectivity index (χ1) is 7.74. The van der Waals surface area contributed by atoms with Crippen LogP contribution in [-0.2, 0) is 20.2 Å². The predicted molar refractivity (Wildman–Crippen MR) is 58.2 cm³/mol. The molecule has 18 heavy (non-hydrogen) atoms. The van der Waals surface area contributed by atoms with E-state index in [0.717, 1.165) is 0 Å².